The lowest BCUT2D eigenvalue weighted by molar-refractivity contribution is 0.111. The molecule has 1 aliphatic heterocycles. The summed E-state index contributed by atoms with van der Waals surface area (Å²) in [4.78, 5) is 2.58. The van der Waals surface area contributed by atoms with Crippen LogP contribution in [-0.4, -0.2) is 24.5 Å². The standard InChI is InChI=1S/C11H23N/c1-3-4-5-6-7-8-12-9-11(2)10-12/h11H,3-10H2,1-2H3. The van der Waals surface area contributed by atoms with Crippen molar-refractivity contribution in [1.29, 1.82) is 0 Å². The van der Waals surface area contributed by atoms with E-state index in [2.05, 4.69) is 18.7 Å². The topological polar surface area (TPSA) is 3.24 Å². The predicted octanol–water partition coefficient (Wildman–Crippen LogP) is 2.91. The van der Waals surface area contributed by atoms with Gasteiger partial charge in [-0.25, -0.2) is 0 Å². The monoisotopic (exact) mass is 169 g/mol. The summed E-state index contributed by atoms with van der Waals surface area (Å²) < 4.78 is 0. The number of hydrogen-bond acceptors (Lipinski definition) is 1. The zero-order valence-electron chi connectivity index (χ0n) is 8.68. The maximum Gasteiger partial charge on any atom is 0.00194 e. The van der Waals surface area contributed by atoms with Gasteiger partial charge < -0.3 is 4.90 Å². The first-order valence-electron chi connectivity index (χ1n) is 5.55. The summed E-state index contributed by atoms with van der Waals surface area (Å²) in [6, 6.07) is 0. The molecule has 1 fully saturated rings. The summed E-state index contributed by atoms with van der Waals surface area (Å²) in [5, 5.41) is 0. The van der Waals surface area contributed by atoms with Crippen LogP contribution in [-0.2, 0) is 0 Å². The number of likely N-dealkylation sites (tertiary alicyclic amines) is 1. The fourth-order valence-electron chi connectivity index (χ4n) is 1.95. The second-order valence-corrected chi connectivity index (χ2v) is 4.28. The van der Waals surface area contributed by atoms with Crippen LogP contribution in [0.5, 0.6) is 0 Å². The van der Waals surface area contributed by atoms with Crippen LogP contribution in [0.15, 0.2) is 0 Å². The molecule has 0 aliphatic carbocycles. The van der Waals surface area contributed by atoms with Crippen molar-refractivity contribution in [3.05, 3.63) is 0 Å². The number of rotatable bonds is 6. The van der Waals surface area contributed by atoms with Crippen molar-refractivity contribution in [2.45, 2.75) is 46.0 Å². The van der Waals surface area contributed by atoms with Gasteiger partial charge in [0.2, 0.25) is 0 Å². The Morgan fingerprint density at radius 1 is 1.08 bits per heavy atom. The van der Waals surface area contributed by atoms with Crippen LogP contribution in [0.25, 0.3) is 0 Å². The third-order valence-corrected chi connectivity index (χ3v) is 2.72. The van der Waals surface area contributed by atoms with Gasteiger partial charge >= 0.3 is 0 Å². The average Bonchev–Trinajstić information content (AvgIpc) is 2.00. The lowest BCUT2D eigenvalue weighted by Crippen LogP contribution is -2.45. The Hall–Kier alpha value is -0.0400. The highest BCUT2D eigenvalue weighted by Crippen LogP contribution is 2.15. The van der Waals surface area contributed by atoms with Crippen molar-refractivity contribution in [3.8, 4) is 0 Å². The molecule has 0 aromatic heterocycles. The number of hydrogen-bond donors (Lipinski definition) is 0. The van der Waals surface area contributed by atoms with Crippen LogP contribution < -0.4 is 0 Å². The van der Waals surface area contributed by atoms with Gasteiger partial charge in [0.1, 0.15) is 0 Å². The Balaban J connectivity index is 1.77. The van der Waals surface area contributed by atoms with Crippen molar-refractivity contribution in [3.63, 3.8) is 0 Å². The fraction of sp³-hybridized carbons (Fsp3) is 1.00. The van der Waals surface area contributed by atoms with Gasteiger partial charge in [-0.15, -0.1) is 0 Å². The summed E-state index contributed by atoms with van der Waals surface area (Å²) >= 11 is 0. The molecule has 0 spiro atoms. The second-order valence-electron chi connectivity index (χ2n) is 4.28. The molecule has 0 aromatic carbocycles. The van der Waals surface area contributed by atoms with E-state index in [0.29, 0.717) is 0 Å². The molecular weight excluding hydrogens is 146 g/mol. The summed E-state index contributed by atoms with van der Waals surface area (Å²) in [5.41, 5.74) is 0. The van der Waals surface area contributed by atoms with Crippen molar-refractivity contribution in [2.75, 3.05) is 19.6 Å². The zero-order valence-corrected chi connectivity index (χ0v) is 8.68. The first kappa shape index (κ1) is 10.0. The molecule has 1 aliphatic rings. The van der Waals surface area contributed by atoms with E-state index >= 15 is 0 Å². The maximum atomic E-state index is 2.58. The molecule has 1 heterocycles. The third kappa shape index (κ3) is 3.57. The Labute approximate surface area is 77.1 Å². The normalized spacial score (nSPS) is 19.5. The lowest BCUT2D eigenvalue weighted by Gasteiger charge is -2.37. The van der Waals surface area contributed by atoms with E-state index in [4.69, 9.17) is 0 Å². The smallest absolute Gasteiger partial charge is 0.00194 e. The molecule has 1 saturated heterocycles. The Morgan fingerprint density at radius 2 is 1.75 bits per heavy atom. The Kier molecular flexibility index (Phi) is 4.67. The van der Waals surface area contributed by atoms with Crippen LogP contribution in [0.3, 0.4) is 0 Å². The van der Waals surface area contributed by atoms with Gasteiger partial charge in [0, 0.05) is 13.1 Å². The zero-order chi connectivity index (χ0) is 8.81. The van der Waals surface area contributed by atoms with Gasteiger partial charge in [0.15, 0.2) is 0 Å². The van der Waals surface area contributed by atoms with Gasteiger partial charge in [0.25, 0.3) is 0 Å². The average molecular weight is 169 g/mol. The number of nitrogens with zero attached hydrogens (tertiary/aromatic N) is 1. The van der Waals surface area contributed by atoms with Gasteiger partial charge in [-0.2, -0.15) is 0 Å². The van der Waals surface area contributed by atoms with Crippen LogP contribution in [0, 0.1) is 5.92 Å². The van der Waals surface area contributed by atoms with Crippen LogP contribution in [0.4, 0.5) is 0 Å². The molecule has 1 nitrogen and oxygen atoms in total. The van der Waals surface area contributed by atoms with Gasteiger partial charge in [0.05, 0.1) is 0 Å². The summed E-state index contributed by atoms with van der Waals surface area (Å²) in [7, 11) is 0. The van der Waals surface area contributed by atoms with Gasteiger partial charge in [-0.05, 0) is 18.9 Å². The third-order valence-electron chi connectivity index (χ3n) is 2.72. The van der Waals surface area contributed by atoms with E-state index in [-0.39, 0.29) is 0 Å². The van der Waals surface area contributed by atoms with Crippen molar-refractivity contribution in [2.24, 2.45) is 5.92 Å². The molecule has 1 heteroatoms. The molecular formula is C11H23N. The summed E-state index contributed by atoms with van der Waals surface area (Å²) in [6.45, 7) is 8.68. The minimum Gasteiger partial charge on any atom is -0.303 e. The van der Waals surface area contributed by atoms with Crippen LogP contribution in [0.1, 0.15) is 46.0 Å². The first-order valence-corrected chi connectivity index (χ1v) is 5.55. The highest BCUT2D eigenvalue weighted by molar-refractivity contribution is 4.75. The summed E-state index contributed by atoms with van der Waals surface area (Å²) in [5.74, 6) is 0.973. The Bertz CT molecular complexity index is 106. The van der Waals surface area contributed by atoms with Gasteiger partial charge in [-0.3, -0.25) is 0 Å². The molecule has 0 unspecified atom stereocenters. The minimum atomic E-state index is 0.973. The van der Waals surface area contributed by atoms with E-state index in [1.54, 1.807) is 0 Å². The molecule has 0 N–H and O–H groups in total. The van der Waals surface area contributed by atoms with Crippen molar-refractivity contribution < 1.29 is 0 Å². The summed E-state index contributed by atoms with van der Waals surface area (Å²) in [6.07, 6.45) is 7.10. The van der Waals surface area contributed by atoms with E-state index < -0.39 is 0 Å². The molecule has 0 atom stereocenters. The van der Waals surface area contributed by atoms with Crippen LogP contribution >= 0.6 is 0 Å². The molecule has 0 saturated carbocycles. The predicted molar refractivity (Wildman–Crippen MR) is 54.4 cm³/mol. The largest absolute Gasteiger partial charge is 0.303 e. The van der Waals surface area contributed by atoms with Crippen molar-refractivity contribution >= 4 is 0 Å². The maximum absolute atomic E-state index is 2.58. The Morgan fingerprint density at radius 3 is 2.33 bits per heavy atom. The van der Waals surface area contributed by atoms with Gasteiger partial charge in [-0.1, -0.05) is 39.5 Å². The highest BCUT2D eigenvalue weighted by atomic mass is 15.2. The van der Waals surface area contributed by atoms with E-state index in [1.807, 2.05) is 0 Å². The van der Waals surface area contributed by atoms with E-state index in [9.17, 15) is 0 Å². The molecule has 0 radical (unpaired) electrons. The molecule has 0 aromatic rings. The lowest BCUT2D eigenvalue weighted by atomic mass is 10.0. The molecule has 1 rings (SSSR count). The second kappa shape index (κ2) is 5.58. The van der Waals surface area contributed by atoms with E-state index in [1.165, 1.54) is 51.7 Å². The number of unbranched alkanes of at least 4 members (excludes halogenated alkanes) is 4. The molecule has 72 valence electrons. The molecule has 0 bridgehead atoms. The fourth-order valence-corrected chi connectivity index (χ4v) is 1.95. The quantitative estimate of drug-likeness (QED) is 0.553. The van der Waals surface area contributed by atoms with Crippen LogP contribution in [0.2, 0.25) is 0 Å². The molecule has 0 amide bonds. The first-order chi connectivity index (χ1) is 5.83. The van der Waals surface area contributed by atoms with E-state index in [0.717, 1.165) is 5.92 Å². The SMILES string of the molecule is CCCCCCCN1CC(C)C1. The van der Waals surface area contributed by atoms with Crippen molar-refractivity contribution in [1.82, 2.24) is 4.90 Å². The highest BCUT2D eigenvalue weighted by Gasteiger charge is 2.20. The minimum absolute atomic E-state index is 0.973. The molecule has 12 heavy (non-hydrogen) atoms.